The smallest absolute Gasteiger partial charge is 0.0749 e. The van der Waals surface area contributed by atoms with E-state index in [1.807, 2.05) is 0 Å². The molecule has 0 radical (unpaired) electrons. The number of nitrogens with one attached hydrogen (secondary N) is 4. The van der Waals surface area contributed by atoms with E-state index in [1.165, 1.54) is 67.8 Å². The lowest BCUT2D eigenvalue weighted by atomic mass is 9.72. The fraction of sp³-hybridized carbons (Fsp3) is 0.231. The first-order valence-electron chi connectivity index (χ1n) is 20.5. The molecule has 0 saturated carbocycles. The molecule has 8 aromatic rings. The molecule has 4 heteroatoms. The molecule has 0 amide bonds. The van der Waals surface area contributed by atoms with E-state index in [-0.39, 0.29) is 0 Å². The summed E-state index contributed by atoms with van der Waals surface area (Å²) >= 11 is 0. The van der Waals surface area contributed by atoms with Crippen LogP contribution in [0.3, 0.4) is 0 Å². The van der Waals surface area contributed by atoms with Crippen LogP contribution in [0.1, 0.15) is 121 Å². The Labute approximate surface area is 331 Å². The second-order valence-electron chi connectivity index (χ2n) is 15.6. The van der Waals surface area contributed by atoms with Gasteiger partial charge in [-0.05, 0) is 96.5 Å². The largest absolute Gasteiger partial charge is 0.360 e. The van der Waals surface area contributed by atoms with Crippen molar-refractivity contribution in [2.24, 2.45) is 0 Å². The molecule has 0 fully saturated rings. The predicted molar refractivity (Wildman–Crippen MR) is 230 cm³/mol. The molecule has 5 heterocycles. The van der Waals surface area contributed by atoms with Crippen LogP contribution in [0.5, 0.6) is 0 Å². The molecule has 4 N–H and O–H groups in total. The quantitative estimate of drug-likeness (QED) is 0.120. The van der Waals surface area contributed by atoms with Gasteiger partial charge in [0.1, 0.15) is 0 Å². The highest BCUT2D eigenvalue weighted by atomic mass is 14.9. The maximum atomic E-state index is 4.16. The third kappa shape index (κ3) is 4.97. The maximum absolute atomic E-state index is 4.16. The standard InChI is InChI=1S/C52H52N4/c1-5-49(37-21-13-9-14-22-37)41-29-31-43(53-41)50(6-2,38-23-15-10-16-24-38)45-33-35-47(55-45)52(8-4,40-27-19-12-20-28-40)48-36-34-46(56-48)51(7-3,39-25-17-11-18-26-39)44-32-30-42(49)54-44/h9-36,53-56H,5-8H2,1-4H3. The zero-order valence-electron chi connectivity index (χ0n) is 33.0. The normalized spacial score (nSPS) is 23.2. The van der Waals surface area contributed by atoms with Crippen molar-refractivity contribution >= 4 is 0 Å². The number of rotatable bonds is 8. The summed E-state index contributed by atoms with van der Waals surface area (Å²) in [5.74, 6) is 0. The van der Waals surface area contributed by atoms with Gasteiger partial charge in [0, 0.05) is 45.6 Å². The van der Waals surface area contributed by atoms with Crippen LogP contribution in [0.2, 0.25) is 0 Å². The summed E-state index contributed by atoms with van der Waals surface area (Å²) in [4.78, 5) is 16.6. The molecule has 1 aliphatic rings. The fourth-order valence-corrected chi connectivity index (χ4v) is 10.6. The Bertz CT molecular complexity index is 2100. The summed E-state index contributed by atoms with van der Waals surface area (Å²) in [6, 6.07) is 63.0. The number of H-pyrrole nitrogens is 4. The van der Waals surface area contributed by atoms with Gasteiger partial charge in [-0.3, -0.25) is 0 Å². The van der Waals surface area contributed by atoms with Gasteiger partial charge in [0.05, 0.1) is 21.7 Å². The van der Waals surface area contributed by atoms with E-state index >= 15 is 0 Å². The Morgan fingerprint density at radius 2 is 0.411 bits per heavy atom. The van der Waals surface area contributed by atoms with Gasteiger partial charge in [-0.2, -0.15) is 0 Å². The number of fused-ring (bicyclic) bond motifs is 8. The molecule has 0 unspecified atom stereocenters. The summed E-state index contributed by atoms with van der Waals surface area (Å²) in [6.07, 6.45) is 3.45. The molecule has 0 saturated heterocycles. The summed E-state index contributed by atoms with van der Waals surface area (Å²) < 4.78 is 0. The van der Waals surface area contributed by atoms with Crippen molar-refractivity contribution in [3.05, 3.63) is 238 Å². The zero-order valence-corrected chi connectivity index (χ0v) is 33.0. The molecule has 4 nitrogen and oxygen atoms in total. The lowest BCUT2D eigenvalue weighted by molar-refractivity contribution is 0.514. The lowest BCUT2D eigenvalue weighted by Gasteiger charge is -2.37. The molecule has 1 aliphatic heterocycles. The van der Waals surface area contributed by atoms with Crippen LogP contribution < -0.4 is 0 Å². The van der Waals surface area contributed by atoms with Gasteiger partial charge in [0.15, 0.2) is 0 Å². The van der Waals surface area contributed by atoms with Crippen molar-refractivity contribution < 1.29 is 0 Å². The third-order valence-electron chi connectivity index (χ3n) is 13.6. The third-order valence-corrected chi connectivity index (χ3v) is 13.6. The number of benzene rings is 4. The highest BCUT2D eigenvalue weighted by Crippen LogP contribution is 2.50. The van der Waals surface area contributed by atoms with Crippen molar-refractivity contribution in [1.82, 2.24) is 19.9 Å². The molecule has 4 aromatic carbocycles. The Morgan fingerprint density at radius 3 is 0.554 bits per heavy atom. The first-order valence-corrected chi connectivity index (χ1v) is 20.5. The number of aromatic amines is 4. The first-order chi connectivity index (χ1) is 27.5. The minimum Gasteiger partial charge on any atom is -0.360 e. The van der Waals surface area contributed by atoms with E-state index < -0.39 is 21.7 Å². The first kappa shape index (κ1) is 35.7. The predicted octanol–water partition coefficient (Wildman–Crippen LogP) is 12.3. The molecule has 4 aromatic heterocycles. The van der Waals surface area contributed by atoms with Gasteiger partial charge in [-0.15, -0.1) is 0 Å². The highest BCUT2D eigenvalue weighted by Gasteiger charge is 2.46. The average Bonchev–Trinajstić information content (AvgIpc) is 4.12. The van der Waals surface area contributed by atoms with Crippen molar-refractivity contribution in [3.63, 3.8) is 0 Å². The van der Waals surface area contributed by atoms with E-state index in [4.69, 9.17) is 0 Å². The van der Waals surface area contributed by atoms with Gasteiger partial charge in [0.25, 0.3) is 0 Å². The molecular formula is C52H52N4. The van der Waals surface area contributed by atoms with Crippen LogP contribution in [0.25, 0.3) is 0 Å². The summed E-state index contributed by atoms with van der Waals surface area (Å²) in [5, 5.41) is 0. The molecule has 0 spiro atoms. The number of hydrogen-bond acceptors (Lipinski definition) is 0. The van der Waals surface area contributed by atoms with E-state index in [0.29, 0.717) is 0 Å². The topological polar surface area (TPSA) is 63.2 Å². The second-order valence-corrected chi connectivity index (χ2v) is 15.6. The molecule has 8 bridgehead atoms. The highest BCUT2D eigenvalue weighted by molar-refractivity contribution is 5.56. The Morgan fingerprint density at radius 1 is 0.250 bits per heavy atom. The lowest BCUT2D eigenvalue weighted by Crippen LogP contribution is -2.34. The average molecular weight is 733 g/mol. The van der Waals surface area contributed by atoms with Gasteiger partial charge in [-0.1, -0.05) is 149 Å². The monoisotopic (exact) mass is 732 g/mol. The van der Waals surface area contributed by atoms with Crippen LogP contribution >= 0.6 is 0 Å². The van der Waals surface area contributed by atoms with E-state index in [0.717, 1.165) is 25.7 Å². The minimum atomic E-state index is -0.465. The van der Waals surface area contributed by atoms with Gasteiger partial charge in [-0.25, -0.2) is 0 Å². The van der Waals surface area contributed by atoms with Gasteiger partial charge in [0.2, 0.25) is 0 Å². The number of hydrogen-bond donors (Lipinski definition) is 4. The van der Waals surface area contributed by atoms with Crippen molar-refractivity contribution in [2.45, 2.75) is 75.0 Å². The van der Waals surface area contributed by atoms with Crippen molar-refractivity contribution in [2.75, 3.05) is 0 Å². The molecular weight excluding hydrogens is 681 g/mol. The Hall–Kier alpha value is -6.00. The Kier molecular flexibility index (Phi) is 8.88. The van der Waals surface area contributed by atoms with Crippen LogP contribution in [-0.2, 0) is 21.7 Å². The van der Waals surface area contributed by atoms with Crippen molar-refractivity contribution in [3.8, 4) is 0 Å². The van der Waals surface area contributed by atoms with E-state index in [1.54, 1.807) is 0 Å². The summed E-state index contributed by atoms with van der Waals surface area (Å²) in [5.41, 5.74) is 12.6. The summed E-state index contributed by atoms with van der Waals surface area (Å²) in [6.45, 7) is 9.29. The molecule has 280 valence electrons. The second kappa shape index (κ2) is 13.9. The van der Waals surface area contributed by atoms with Gasteiger partial charge >= 0.3 is 0 Å². The van der Waals surface area contributed by atoms with Crippen LogP contribution in [0, 0.1) is 0 Å². The fourth-order valence-electron chi connectivity index (χ4n) is 10.6. The van der Waals surface area contributed by atoms with Crippen LogP contribution in [-0.4, -0.2) is 19.9 Å². The molecule has 56 heavy (non-hydrogen) atoms. The number of aromatic nitrogens is 4. The molecule has 0 aliphatic carbocycles. The molecule has 9 rings (SSSR count). The van der Waals surface area contributed by atoms with Crippen molar-refractivity contribution in [1.29, 1.82) is 0 Å². The molecule has 0 atom stereocenters. The minimum absolute atomic E-state index is 0.465. The van der Waals surface area contributed by atoms with Gasteiger partial charge < -0.3 is 19.9 Å². The van der Waals surface area contributed by atoms with E-state index in [9.17, 15) is 0 Å². The van der Waals surface area contributed by atoms with E-state index in [2.05, 4.69) is 217 Å². The maximum Gasteiger partial charge on any atom is 0.0749 e. The zero-order chi connectivity index (χ0) is 38.4. The Balaban J connectivity index is 1.42. The summed E-state index contributed by atoms with van der Waals surface area (Å²) in [7, 11) is 0. The SMILES string of the molecule is CCC1(c2ccccc2)c2ccc([nH]2)C(CC)(c2ccccc2)c2ccc([nH]2)C(CC)(c2ccccc2)c2ccc([nH]2)C(CC)(c2ccccc2)c2ccc1[nH]2. The van der Waals surface area contributed by atoms with Crippen LogP contribution in [0.4, 0.5) is 0 Å². The van der Waals surface area contributed by atoms with Crippen LogP contribution in [0.15, 0.2) is 170 Å².